The van der Waals surface area contributed by atoms with Gasteiger partial charge in [-0.2, -0.15) is 5.26 Å². The van der Waals surface area contributed by atoms with Crippen LogP contribution in [0.1, 0.15) is 18.9 Å². The first-order valence-corrected chi connectivity index (χ1v) is 6.99. The van der Waals surface area contributed by atoms with Crippen LogP contribution in [0.4, 0.5) is 5.69 Å². The number of anilines is 1. The summed E-state index contributed by atoms with van der Waals surface area (Å²) in [6.45, 7) is 1.94. The lowest BCUT2D eigenvalue weighted by molar-refractivity contribution is -0.117. The summed E-state index contributed by atoms with van der Waals surface area (Å²) in [5, 5.41) is 9.15. The molecule has 1 fully saturated rings. The molecule has 1 unspecified atom stereocenters. The van der Waals surface area contributed by atoms with Crippen LogP contribution in [0.25, 0.3) is 0 Å². The number of methoxy groups -OCH3 is 1. The summed E-state index contributed by atoms with van der Waals surface area (Å²) in [5.74, 6) is 0.511. The van der Waals surface area contributed by atoms with Crippen molar-refractivity contribution in [3.63, 3.8) is 0 Å². The highest BCUT2D eigenvalue weighted by Gasteiger charge is 2.33. The summed E-state index contributed by atoms with van der Waals surface area (Å²) < 4.78 is 5.07. The molecular weight excluding hydrogens is 276 g/mol. The molecular formula is C14H14N2O3S. The fourth-order valence-electron chi connectivity index (χ4n) is 2.19. The van der Waals surface area contributed by atoms with E-state index in [1.54, 1.807) is 23.1 Å². The smallest absolute Gasteiger partial charge is 0.228 e. The molecule has 0 N–H and O–H groups in total. The summed E-state index contributed by atoms with van der Waals surface area (Å²) in [4.78, 5) is 24.7. The SMILES string of the molecule is COc1ccc(N2CC(SC(C)=O)CC2=O)c(C#N)c1. The zero-order valence-corrected chi connectivity index (χ0v) is 12.1. The maximum atomic E-state index is 12.0. The molecule has 1 aliphatic heterocycles. The Bertz CT molecular complexity index is 595. The lowest BCUT2D eigenvalue weighted by Gasteiger charge is -2.18. The largest absolute Gasteiger partial charge is 0.497 e. The predicted octanol–water partition coefficient (Wildman–Crippen LogP) is 1.95. The van der Waals surface area contributed by atoms with Gasteiger partial charge in [0.05, 0.1) is 18.4 Å². The Kier molecular flexibility index (Phi) is 4.30. The van der Waals surface area contributed by atoms with Crippen molar-refractivity contribution < 1.29 is 14.3 Å². The Morgan fingerprint density at radius 3 is 2.90 bits per heavy atom. The summed E-state index contributed by atoms with van der Waals surface area (Å²) in [6.07, 6.45) is 0.321. The van der Waals surface area contributed by atoms with Gasteiger partial charge in [-0.3, -0.25) is 9.59 Å². The Hall–Kier alpha value is -2.00. The van der Waals surface area contributed by atoms with Gasteiger partial charge in [-0.15, -0.1) is 0 Å². The first-order chi connectivity index (χ1) is 9.55. The Morgan fingerprint density at radius 2 is 2.30 bits per heavy atom. The van der Waals surface area contributed by atoms with Gasteiger partial charge in [0.25, 0.3) is 0 Å². The number of ether oxygens (including phenoxy) is 1. The molecule has 2 rings (SSSR count). The van der Waals surface area contributed by atoms with E-state index in [-0.39, 0.29) is 16.3 Å². The first kappa shape index (κ1) is 14.4. The molecule has 1 atom stereocenters. The maximum Gasteiger partial charge on any atom is 0.228 e. The number of thioether (sulfide) groups is 1. The van der Waals surface area contributed by atoms with Crippen molar-refractivity contribution in [2.75, 3.05) is 18.6 Å². The van der Waals surface area contributed by atoms with Crippen molar-refractivity contribution in [3.8, 4) is 11.8 Å². The Labute approximate surface area is 121 Å². The monoisotopic (exact) mass is 290 g/mol. The number of carbonyl (C=O) groups is 2. The zero-order chi connectivity index (χ0) is 14.7. The summed E-state index contributed by atoms with van der Waals surface area (Å²) in [5.41, 5.74) is 0.969. The van der Waals surface area contributed by atoms with Gasteiger partial charge in [-0.1, -0.05) is 11.8 Å². The van der Waals surface area contributed by atoms with Crippen molar-refractivity contribution in [3.05, 3.63) is 23.8 Å². The van der Waals surface area contributed by atoms with Crippen molar-refractivity contribution in [2.24, 2.45) is 0 Å². The fraction of sp³-hybridized carbons (Fsp3) is 0.357. The van der Waals surface area contributed by atoms with Gasteiger partial charge in [-0.05, 0) is 18.2 Å². The van der Waals surface area contributed by atoms with E-state index in [4.69, 9.17) is 4.74 Å². The predicted molar refractivity (Wildman–Crippen MR) is 76.7 cm³/mol. The minimum Gasteiger partial charge on any atom is -0.497 e. The molecule has 1 heterocycles. The number of nitriles is 1. The number of hydrogen-bond acceptors (Lipinski definition) is 5. The number of benzene rings is 1. The minimum atomic E-state index is -0.0644. The third kappa shape index (κ3) is 2.94. The summed E-state index contributed by atoms with van der Waals surface area (Å²) in [7, 11) is 1.52. The highest BCUT2D eigenvalue weighted by molar-refractivity contribution is 8.14. The third-order valence-electron chi connectivity index (χ3n) is 3.04. The van der Waals surface area contributed by atoms with Crippen molar-refractivity contribution in [1.29, 1.82) is 5.26 Å². The summed E-state index contributed by atoms with van der Waals surface area (Å²) in [6, 6.07) is 7.10. The van der Waals surface area contributed by atoms with Crippen molar-refractivity contribution in [1.82, 2.24) is 0 Å². The van der Waals surface area contributed by atoms with Crippen LogP contribution < -0.4 is 9.64 Å². The topological polar surface area (TPSA) is 70.4 Å². The number of carbonyl (C=O) groups excluding carboxylic acids is 2. The molecule has 1 amide bonds. The average molecular weight is 290 g/mol. The lowest BCUT2D eigenvalue weighted by atomic mass is 10.1. The number of amides is 1. The lowest BCUT2D eigenvalue weighted by Crippen LogP contribution is -2.25. The normalized spacial score (nSPS) is 17.9. The van der Waals surface area contributed by atoms with E-state index < -0.39 is 0 Å². The van der Waals surface area contributed by atoms with Gasteiger partial charge >= 0.3 is 0 Å². The van der Waals surface area contributed by atoms with E-state index >= 15 is 0 Å². The third-order valence-corrected chi connectivity index (χ3v) is 4.02. The van der Waals surface area contributed by atoms with E-state index in [9.17, 15) is 14.9 Å². The van der Waals surface area contributed by atoms with E-state index in [2.05, 4.69) is 6.07 Å². The second kappa shape index (κ2) is 5.97. The molecule has 20 heavy (non-hydrogen) atoms. The molecule has 1 aromatic carbocycles. The Balaban J connectivity index is 2.26. The van der Waals surface area contributed by atoms with Crippen molar-refractivity contribution in [2.45, 2.75) is 18.6 Å². The second-order valence-electron chi connectivity index (χ2n) is 4.43. The molecule has 104 valence electrons. The molecule has 0 aromatic heterocycles. The van der Waals surface area contributed by atoms with E-state index in [0.717, 1.165) is 0 Å². The highest BCUT2D eigenvalue weighted by atomic mass is 32.2. The van der Waals surface area contributed by atoms with Crippen LogP contribution in [-0.4, -0.2) is 29.9 Å². The van der Waals surface area contributed by atoms with E-state index in [0.29, 0.717) is 30.0 Å². The molecule has 1 aromatic rings. The van der Waals surface area contributed by atoms with E-state index in [1.165, 1.54) is 25.8 Å². The van der Waals surface area contributed by atoms with Gasteiger partial charge in [0.15, 0.2) is 5.12 Å². The molecule has 0 saturated carbocycles. The Morgan fingerprint density at radius 1 is 1.55 bits per heavy atom. The molecule has 1 saturated heterocycles. The number of hydrogen-bond donors (Lipinski definition) is 0. The van der Waals surface area contributed by atoms with E-state index in [1.807, 2.05) is 0 Å². The van der Waals surface area contributed by atoms with Gasteiger partial charge in [0.1, 0.15) is 11.8 Å². The van der Waals surface area contributed by atoms with Gasteiger partial charge in [0.2, 0.25) is 5.91 Å². The molecule has 0 bridgehead atoms. The fourth-order valence-corrected chi connectivity index (χ4v) is 3.11. The van der Waals surface area contributed by atoms with Crippen molar-refractivity contribution >= 4 is 28.5 Å². The van der Waals surface area contributed by atoms with Gasteiger partial charge in [0, 0.05) is 25.1 Å². The first-order valence-electron chi connectivity index (χ1n) is 6.11. The number of rotatable bonds is 3. The molecule has 0 aliphatic carbocycles. The van der Waals surface area contributed by atoms with Crippen LogP contribution in [0.15, 0.2) is 18.2 Å². The standard InChI is InChI=1S/C14H14N2O3S/c1-9(17)20-12-6-14(18)16(8-12)13-4-3-11(19-2)5-10(13)7-15/h3-5,12H,6,8H2,1-2H3. The quantitative estimate of drug-likeness (QED) is 0.851. The molecule has 1 aliphatic rings. The second-order valence-corrected chi connectivity index (χ2v) is 5.91. The average Bonchev–Trinajstić information content (AvgIpc) is 2.77. The minimum absolute atomic E-state index is 0.000104. The van der Waals surface area contributed by atoms with Crippen LogP contribution >= 0.6 is 11.8 Å². The van der Waals surface area contributed by atoms with Crippen LogP contribution in [0.2, 0.25) is 0 Å². The molecule has 0 spiro atoms. The van der Waals surface area contributed by atoms with Gasteiger partial charge < -0.3 is 9.64 Å². The summed E-state index contributed by atoms with van der Waals surface area (Å²) >= 11 is 1.18. The molecule has 6 heteroatoms. The van der Waals surface area contributed by atoms with Crippen LogP contribution in [0.3, 0.4) is 0 Å². The van der Waals surface area contributed by atoms with Gasteiger partial charge in [-0.25, -0.2) is 0 Å². The zero-order valence-electron chi connectivity index (χ0n) is 11.3. The maximum absolute atomic E-state index is 12.0. The highest BCUT2D eigenvalue weighted by Crippen LogP contribution is 2.32. The van der Waals surface area contributed by atoms with Crippen LogP contribution in [-0.2, 0) is 9.59 Å². The molecule has 0 radical (unpaired) electrons. The number of nitrogens with zero attached hydrogens (tertiary/aromatic N) is 2. The van der Waals surface area contributed by atoms with Crippen LogP contribution in [0, 0.1) is 11.3 Å². The van der Waals surface area contributed by atoms with Crippen LogP contribution in [0.5, 0.6) is 5.75 Å². The molecule has 5 nitrogen and oxygen atoms in total.